The maximum Gasteiger partial charge on any atom is 0.0650 e. The van der Waals surface area contributed by atoms with E-state index in [2.05, 4.69) is 13.8 Å². The number of hydrogen-bond acceptors (Lipinski definition) is 1. The van der Waals surface area contributed by atoms with Crippen molar-refractivity contribution < 1.29 is 4.74 Å². The molecule has 0 aromatic carbocycles. The first-order valence-electron chi connectivity index (χ1n) is 4.72. The van der Waals surface area contributed by atoms with E-state index in [4.69, 9.17) is 4.74 Å². The molecular formula is C10H20O. The van der Waals surface area contributed by atoms with Crippen LogP contribution in [0.25, 0.3) is 0 Å². The van der Waals surface area contributed by atoms with E-state index in [1.54, 1.807) is 0 Å². The lowest BCUT2D eigenvalue weighted by molar-refractivity contribution is -0.0399. The van der Waals surface area contributed by atoms with Crippen molar-refractivity contribution in [2.75, 3.05) is 7.11 Å². The first-order chi connectivity index (χ1) is 5.17. The minimum Gasteiger partial charge on any atom is -0.379 e. The highest BCUT2D eigenvalue weighted by Gasteiger charge is 2.29. The highest BCUT2D eigenvalue weighted by Crippen LogP contribution is 2.33. The molecule has 0 atom stereocenters. The summed E-state index contributed by atoms with van der Waals surface area (Å²) in [6.07, 6.45) is 6.95. The fourth-order valence-electron chi connectivity index (χ4n) is 1.96. The van der Waals surface area contributed by atoms with E-state index in [9.17, 15) is 0 Å². The Morgan fingerprint density at radius 2 is 1.64 bits per heavy atom. The van der Waals surface area contributed by atoms with Crippen LogP contribution in [0.15, 0.2) is 0 Å². The van der Waals surface area contributed by atoms with Gasteiger partial charge in [-0.2, -0.15) is 0 Å². The zero-order chi connectivity index (χ0) is 8.32. The maximum absolute atomic E-state index is 5.48. The quantitative estimate of drug-likeness (QED) is 0.597. The van der Waals surface area contributed by atoms with Gasteiger partial charge in [-0.15, -0.1) is 0 Å². The third kappa shape index (κ3) is 2.19. The zero-order valence-electron chi connectivity index (χ0n) is 8.02. The third-order valence-corrected chi connectivity index (χ3v) is 3.11. The first kappa shape index (κ1) is 9.05. The molecular weight excluding hydrogens is 136 g/mol. The standard InChI is InChI=1S/C10H20O/c1-10(2,11-3)9-7-5-4-6-8-9/h9H,4-8H2,1-3H3. The number of methoxy groups -OCH3 is 1. The van der Waals surface area contributed by atoms with E-state index in [0.29, 0.717) is 0 Å². The van der Waals surface area contributed by atoms with Crippen molar-refractivity contribution >= 4 is 0 Å². The van der Waals surface area contributed by atoms with E-state index in [0.717, 1.165) is 5.92 Å². The van der Waals surface area contributed by atoms with Crippen LogP contribution in [0.5, 0.6) is 0 Å². The van der Waals surface area contributed by atoms with Crippen molar-refractivity contribution in [1.29, 1.82) is 0 Å². The Kier molecular flexibility index (Phi) is 2.94. The Hall–Kier alpha value is -0.0400. The molecule has 0 N–H and O–H groups in total. The number of ether oxygens (including phenoxy) is 1. The highest BCUT2D eigenvalue weighted by molar-refractivity contribution is 4.81. The first-order valence-corrected chi connectivity index (χ1v) is 4.72. The summed E-state index contributed by atoms with van der Waals surface area (Å²) in [5.41, 5.74) is 0.112. The average Bonchev–Trinajstić information content (AvgIpc) is 2.06. The molecule has 1 heteroatoms. The van der Waals surface area contributed by atoms with Crippen molar-refractivity contribution in [3.63, 3.8) is 0 Å². The molecule has 0 bridgehead atoms. The maximum atomic E-state index is 5.48. The Bertz CT molecular complexity index is 112. The number of rotatable bonds is 2. The van der Waals surface area contributed by atoms with Crippen molar-refractivity contribution in [3.8, 4) is 0 Å². The lowest BCUT2D eigenvalue weighted by Crippen LogP contribution is -2.34. The van der Waals surface area contributed by atoms with Crippen molar-refractivity contribution in [3.05, 3.63) is 0 Å². The van der Waals surface area contributed by atoms with Gasteiger partial charge >= 0.3 is 0 Å². The van der Waals surface area contributed by atoms with E-state index in [1.165, 1.54) is 32.1 Å². The summed E-state index contributed by atoms with van der Waals surface area (Å²) in [5.74, 6) is 0.793. The molecule has 1 nitrogen and oxygen atoms in total. The molecule has 0 unspecified atom stereocenters. The van der Waals surface area contributed by atoms with Gasteiger partial charge in [-0.3, -0.25) is 0 Å². The molecule has 0 aromatic rings. The monoisotopic (exact) mass is 156 g/mol. The van der Waals surface area contributed by atoms with Gasteiger partial charge in [-0.05, 0) is 32.6 Å². The van der Waals surface area contributed by atoms with E-state index < -0.39 is 0 Å². The van der Waals surface area contributed by atoms with Crippen LogP contribution >= 0.6 is 0 Å². The van der Waals surface area contributed by atoms with Crippen molar-refractivity contribution in [2.45, 2.75) is 51.6 Å². The Morgan fingerprint density at radius 1 is 1.09 bits per heavy atom. The van der Waals surface area contributed by atoms with Gasteiger partial charge in [-0.25, -0.2) is 0 Å². The molecule has 0 spiro atoms. The molecule has 0 aliphatic heterocycles. The predicted octanol–water partition coefficient (Wildman–Crippen LogP) is 2.99. The van der Waals surface area contributed by atoms with Gasteiger partial charge in [0.25, 0.3) is 0 Å². The molecule has 1 fully saturated rings. The third-order valence-electron chi connectivity index (χ3n) is 3.11. The van der Waals surface area contributed by atoms with Crippen LogP contribution in [0, 0.1) is 5.92 Å². The molecule has 1 aliphatic rings. The molecule has 1 aliphatic carbocycles. The molecule has 0 heterocycles. The average molecular weight is 156 g/mol. The van der Waals surface area contributed by atoms with E-state index in [-0.39, 0.29) is 5.60 Å². The predicted molar refractivity (Wildman–Crippen MR) is 47.7 cm³/mol. The zero-order valence-corrected chi connectivity index (χ0v) is 8.02. The topological polar surface area (TPSA) is 9.23 Å². The van der Waals surface area contributed by atoms with Crippen LogP contribution in [0.3, 0.4) is 0 Å². The van der Waals surface area contributed by atoms with Crippen LogP contribution in [0.4, 0.5) is 0 Å². The van der Waals surface area contributed by atoms with Crippen molar-refractivity contribution in [2.24, 2.45) is 5.92 Å². The molecule has 1 saturated carbocycles. The largest absolute Gasteiger partial charge is 0.379 e. The van der Waals surface area contributed by atoms with Crippen LogP contribution in [-0.2, 0) is 4.74 Å². The summed E-state index contributed by atoms with van der Waals surface area (Å²) in [5, 5.41) is 0. The lowest BCUT2D eigenvalue weighted by atomic mass is 9.79. The summed E-state index contributed by atoms with van der Waals surface area (Å²) in [6, 6.07) is 0. The highest BCUT2D eigenvalue weighted by atomic mass is 16.5. The minimum atomic E-state index is 0.112. The second kappa shape index (κ2) is 3.57. The normalized spacial score (nSPS) is 22.1. The number of hydrogen-bond donors (Lipinski definition) is 0. The van der Waals surface area contributed by atoms with Crippen LogP contribution < -0.4 is 0 Å². The Labute approximate surface area is 70.1 Å². The van der Waals surface area contributed by atoms with Crippen LogP contribution in [0.1, 0.15) is 46.0 Å². The molecule has 0 amide bonds. The fraction of sp³-hybridized carbons (Fsp3) is 1.00. The van der Waals surface area contributed by atoms with Gasteiger partial charge in [0.15, 0.2) is 0 Å². The van der Waals surface area contributed by atoms with Gasteiger partial charge in [-0.1, -0.05) is 19.3 Å². The second-order valence-electron chi connectivity index (χ2n) is 4.14. The van der Waals surface area contributed by atoms with Gasteiger partial charge in [0.05, 0.1) is 5.60 Å². The van der Waals surface area contributed by atoms with Crippen LogP contribution in [-0.4, -0.2) is 12.7 Å². The summed E-state index contributed by atoms with van der Waals surface area (Å²) in [6.45, 7) is 4.42. The molecule has 1 rings (SSSR count). The summed E-state index contributed by atoms with van der Waals surface area (Å²) in [4.78, 5) is 0. The summed E-state index contributed by atoms with van der Waals surface area (Å²) < 4.78 is 5.48. The molecule has 0 radical (unpaired) electrons. The Balaban J connectivity index is 2.43. The minimum absolute atomic E-state index is 0.112. The molecule has 0 saturated heterocycles. The van der Waals surface area contributed by atoms with E-state index >= 15 is 0 Å². The molecule has 66 valence electrons. The fourth-order valence-corrected chi connectivity index (χ4v) is 1.96. The van der Waals surface area contributed by atoms with Gasteiger partial charge in [0.2, 0.25) is 0 Å². The van der Waals surface area contributed by atoms with Gasteiger partial charge in [0, 0.05) is 7.11 Å². The summed E-state index contributed by atoms with van der Waals surface area (Å²) >= 11 is 0. The second-order valence-corrected chi connectivity index (χ2v) is 4.14. The van der Waals surface area contributed by atoms with E-state index in [1.807, 2.05) is 7.11 Å². The summed E-state index contributed by atoms with van der Waals surface area (Å²) in [7, 11) is 1.83. The molecule has 0 aromatic heterocycles. The smallest absolute Gasteiger partial charge is 0.0650 e. The SMILES string of the molecule is COC(C)(C)C1CCCCC1. The van der Waals surface area contributed by atoms with Gasteiger partial charge < -0.3 is 4.74 Å². The Morgan fingerprint density at radius 3 is 2.09 bits per heavy atom. The van der Waals surface area contributed by atoms with Crippen molar-refractivity contribution in [1.82, 2.24) is 0 Å². The lowest BCUT2D eigenvalue weighted by Gasteiger charge is -2.35. The van der Waals surface area contributed by atoms with Crippen LogP contribution in [0.2, 0.25) is 0 Å². The molecule has 11 heavy (non-hydrogen) atoms. The van der Waals surface area contributed by atoms with Gasteiger partial charge in [0.1, 0.15) is 0 Å².